The third-order valence-corrected chi connectivity index (χ3v) is 3.14. The molecule has 1 aliphatic carbocycles. The van der Waals surface area contributed by atoms with Gasteiger partial charge in [-0.2, -0.15) is 0 Å². The van der Waals surface area contributed by atoms with E-state index in [9.17, 15) is 0 Å². The molecular formula is C13H27NO. The molecule has 0 spiro atoms. The molecule has 1 rings (SSSR count). The van der Waals surface area contributed by atoms with Crippen LogP contribution in [-0.2, 0) is 4.74 Å². The average Bonchev–Trinajstić information content (AvgIpc) is 2.28. The fourth-order valence-corrected chi connectivity index (χ4v) is 2.69. The second-order valence-corrected chi connectivity index (χ2v) is 5.85. The summed E-state index contributed by atoms with van der Waals surface area (Å²) in [6, 6.07) is 0. The van der Waals surface area contributed by atoms with Crippen LogP contribution in [0.5, 0.6) is 0 Å². The Morgan fingerprint density at radius 1 is 1.07 bits per heavy atom. The van der Waals surface area contributed by atoms with E-state index in [1.54, 1.807) is 0 Å². The molecule has 90 valence electrons. The second-order valence-electron chi connectivity index (χ2n) is 5.85. The van der Waals surface area contributed by atoms with E-state index in [1.165, 1.54) is 38.5 Å². The van der Waals surface area contributed by atoms with Gasteiger partial charge in [-0.05, 0) is 46.6 Å². The summed E-state index contributed by atoms with van der Waals surface area (Å²) in [6.07, 6.45) is 8.74. The SMILES string of the molecule is CC(C)(C)OC1(CCN)CCCCCC1. The van der Waals surface area contributed by atoms with Gasteiger partial charge in [0.1, 0.15) is 0 Å². The number of ether oxygens (including phenoxy) is 1. The zero-order chi connectivity index (χ0) is 11.4. The fourth-order valence-electron chi connectivity index (χ4n) is 2.69. The smallest absolute Gasteiger partial charge is 0.0701 e. The highest BCUT2D eigenvalue weighted by molar-refractivity contribution is 4.86. The molecule has 0 heterocycles. The Balaban J connectivity index is 2.66. The predicted octanol–water partition coefficient (Wildman–Crippen LogP) is 3.24. The maximum absolute atomic E-state index is 6.31. The van der Waals surface area contributed by atoms with Crippen molar-refractivity contribution >= 4 is 0 Å². The van der Waals surface area contributed by atoms with Gasteiger partial charge in [-0.15, -0.1) is 0 Å². The molecule has 2 nitrogen and oxygen atoms in total. The normalized spacial score (nSPS) is 22.4. The van der Waals surface area contributed by atoms with Gasteiger partial charge in [0.15, 0.2) is 0 Å². The minimum Gasteiger partial charge on any atom is -0.369 e. The van der Waals surface area contributed by atoms with Gasteiger partial charge in [0, 0.05) is 0 Å². The summed E-state index contributed by atoms with van der Waals surface area (Å²) in [4.78, 5) is 0. The van der Waals surface area contributed by atoms with Crippen molar-refractivity contribution in [1.82, 2.24) is 0 Å². The van der Waals surface area contributed by atoms with Crippen molar-refractivity contribution in [1.29, 1.82) is 0 Å². The number of hydrogen-bond acceptors (Lipinski definition) is 2. The van der Waals surface area contributed by atoms with E-state index in [2.05, 4.69) is 20.8 Å². The summed E-state index contributed by atoms with van der Waals surface area (Å²) in [5, 5.41) is 0. The first-order valence-corrected chi connectivity index (χ1v) is 6.38. The predicted molar refractivity (Wildman–Crippen MR) is 64.9 cm³/mol. The first-order chi connectivity index (χ1) is 6.97. The van der Waals surface area contributed by atoms with Gasteiger partial charge in [0.2, 0.25) is 0 Å². The Labute approximate surface area is 94.6 Å². The van der Waals surface area contributed by atoms with E-state index in [0.29, 0.717) is 0 Å². The molecule has 0 aromatic carbocycles. The lowest BCUT2D eigenvalue weighted by molar-refractivity contribution is -0.142. The van der Waals surface area contributed by atoms with E-state index in [4.69, 9.17) is 10.5 Å². The first kappa shape index (κ1) is 13.0. The van der Waals surface area contributed by atoms with Gasteiger partial charge >= 0.3 is 0 Å². The highest BCUT2D eigenvalue weighted by Gasteiger charge is 2.34. The Morgan fingerprint density at radius 3 is 2.00 bits per heavy atom. The molecule has 1 fully saturated rings. The fraction of sp³-hybridized carbons (Fsp3) is 1.00. The highest BCUT2D eigenvalue weighted by atomic mass is 16.5. The highest BCUT2D eigenvalue weighted by Crippen LogP contribution is 2.36. The monoisotopic (exact) mass is 213 g/mol. The van der Waals surface area contributed by atoms with Crippen molar-refractivity contribution in [2.75, 3.05) is 6.54 Å². The van der Waals surface area contributed by atoms with Crippen molar-refractivity contribution in [2.45, 2.75) is 76.9 Å². The summed E-state index contributed by atoms with van der Waals surface area (Å²) in [7, 11) is 0. The Kier molecular flexibility index (Phi) is 4.60. The molecule has 0 saturated heterocycles. The maximum atomic E-state index is 6.31. The largest absolute Gasteiger partial charge is 0.369 e. The standard InChI is InChI=1S/C13H27NO/c1-12(2,3)15-13(10-11-14)8-6-4-5-7-9-13/h4-11,14H2,1-3H3. The van der Waals surface area contributed by atoms with Crippen LogP contribution >= 0.6 is 0 Å². The van der Waals surface area contributed by atoms with Crippen molar-refractivity contribution in [3.05, 3.63) is 0 Å². The molecule has 0 radical (unpaired) electrons. The molecule has 0 aromatic heterocycles. The zero-order valence-corrected chi connectivity index (χ0v) is 10.6. The molecule has 0 aromatic rings. The summed E-state index contributed by atoms with van der Waals surface area (Å²) in [5.41, 5.74) is 5.77. The molecule has 0 aliphatic heterocycles. The Bertz CT molecular complexity index is 175. The summed E-state index contributed by atoms with van der Waals surface area (Å²) in [6.45, 7) is 7.19. The minimum atomic E-state index is -0.0422. The van der Waals surface area contributed by atoms with Crippen molar-refractivity contribution in [3.63, 3.8) is 0 Å². The summed E-state index contributed by atoms with van der Waals surface area (Å²) < 4.78 is 6.31. The number of rotatable bonds is 3. The van der Waals surface area contributed by atoms with E-state index in [-0.39, 0.29) is 11.2 Å². The molecule has 1 aliphatic rings. The number of hydrogen-bond donors (Lipinski definition) is 1. The minimum absolute atomic E-state index is 0.0422. The quantitative estimate of drug-likeness (QED) is 0.730. The van der Waals surface area contributed by atoms with Gasteiger partial charge in [-0.1, -0.05) is 25.7 Å². The van der Waals surface area contributed by atoms with Crippen molar-refractivity contribution in [3.8, 4) is 0 Å². The Hall–Kier alpha value is -0.0800. The maximum Gasteiger partial charge on any atom is 0.0701 e. The lowest BCUT2D eigenvalue weighted by Gasteiger charge is -2.39. The van der Waals surface area contributed by atoms with Crippen LogP contribution in [0.25, 0.3) is 0 Å². The van der Waals surface area contributed by atoms with Crippen molar-refractivity contribution < 1.29 is 4.74 Å². The molecular weight excluding hydrogens is 186 g/mol. The molecule has 2 N–H and O–H groups in total. The van der Waals surface area contributed by atoms with Gasteiger partial charge in [0.25, 0.3) is 0 Å². The summed E-state index contributed by atoms with van der Waals surface area (Å²) >= 11 is 0. The topological polar surface area (TPSA) is 35.2 Å². The van der Waals surface area contributed by atoms with Gasteiger partial charge in [0.05, 0.1) is 11.2 Å². The number of nitrogens with two attached hydrogens (primary N) is 1. The van der Waals surface area contributed by atoms with Crippen LogP contribution in [0.15, 0.2) is 0 Å². The zero-order valence-electron chi connectivity index (χ0n) is 10.6. The van der Waals surface area contributed by atoms with Gasteiger partial charge in [-0.3, -0.25) is 0 Å². The van der Waals surface area contributed by atoms with E-state index in [0.717, 1.165) is 13.0 Å². The van der Waals surface area contributed by atoms with E-state index >= 15 is 0 Å². The average molecular weight is 213 g/mol. The second kappa shape index (κ2) is 5.31. The first-order valence-electron chi connectivity index (χ1n) is 6.38. The van der Waals surface area contributed by atoms with Crippen LogP contribution in [0.4, 0.5) is 0 Å². The molecule has 2 heteroatoms. The lowest BCUT2D eigenvalue weighted by Crippen LogP contribution is -2.41. The van der Waals surface area contributed by atoms with Crippen molar-refractivity contribution in [2.24, 2.45) is 5.73 Å². The molecule has 0 unspecified atom stereocenters. The van der Waals surface area contributed by atoms with Gasteiger partial charge in [-0.25, -0.2) is 0 Å². The van der Waals surface area contributed by atoms with Crippen LogP contribution in [-0.4, -0.2) is 17.7 Å². The third kappa shape index (κ3) is 4.52. The van der Waals surface area contributed by atoms with Gasteiger partial charge < -0.3 is 10.5 Å². The molecule has 15 heavy (non-hydrogen) atoms. The van der Waals surface area contributed by atoms with Crippen LogP contribution in [0.1, 0.15) is 65.7 Å². The van der Waals surface area contributed by atoms with Crippen LogP contribution in [0.2, 0.25) is 0 Å². The van der Waals surface area contributed by atoms with E-state index < -0.39 is 0 Å². The molecule has 0 bridgehead atoms. The third-order valence-electron chi connectivity index (χ3n) is 3.14. The van der Waals surface area contributed by atoms with Crippen LogP contribution in [0.3, 0.4) is 0 Å². The molecule has 0 atom stereocenters. The van der Waals surface area contributed by atoms with Crippen LogP contribution in [0, 0.1) is 0 Å². The summed E-state index contributed by atoms with van der Waals surface area (Å²) in [5.74, 6) is 0. The molecule has 1 saturated carbocycles. The molecule has 0 amide bonds. The Morgan fingerprint density at radius 2 is 1.60 bits per heavy atom. The van der Waals surface area contributed by atoms with Crippen LogP contribution < -0.4 is 5.73 Å². The lowest BCUT2D eigenvalue weighted by atomic mass is 9.89. The van der Waals surface area contributed by atoms with E-state index in [1.807, 2.05) is 0 Å².